The van der Waals surface area contributed by atoms with E-state index in [9.17, 15) is 4.79 Å². The molecule has 0 aliphatic carbocycles. The van der Waals surface area contributed by atoms with Gasteiger partial charge in [0.1, 0.15) is 0 Å². The van der Waals surface area contributed by atoms with E-state index < -0.39 is 5.91 Å². The van der Waals surface area contributed by atoms with Gasteiger partial charge in [0.2, 0.25) is 0 Å². The minimum atomic E-state index is -0.584. The minimum Gasteiger partial charge on any atom is -0.399 e. The standard InChI is InChI=1S/C14H15ClN4O/c1-8-3-2-4-10(19-8)7-18-13-11(14(17)20)5-9(16)6-12(13)15/h2-6,18H,7,16H2,1H3,(H2,17,20). The molecule has 5 N–H and O–H groups in total. The normalized spacial score (nSPS) is 10.3. The van der Waals surface area contributed by atoms with Crippen molar-refractivity contribution in [3.8, 4) is 0 Å². The molecular weight excluding hydrogens is 276 g/mol. The second kappa shape index (κ2) is 5.79. The summed E-state index contributed by atoms with van der Waals surface area (Å²) in [5, 5.41) is 3.44. The summed E-state index contributed by atoms with van der Waals surface area (Å²) < 4.78 is 0. The Balaban J connectivity index is 2.27. The Bertz CT molecular complexity index is 658. The number of hydrogen-bond donors (Lipinski definition) is 3. The number of nitrogens with two attached hydrogens (primary N) is 2. The van der Waals surface area contributed by atoms with Crippen LogP contribution in [0.5, 0.6) is 0 Å². The first kappa shape index (κ1) is 14.1. The van der Waals surface area contributed by atoms with Crippen molar-refractivity contribution in [1.82, 2.24) is 4.98 Å². The number of halogens is 1. The number of benzene rings is 1. The highest BCUT2D eigenvalue weighted by Crippen LogP contribution is 2.29. The summed E-state index contributed by atoms with van der Waals surface area (Å²) in [7, 11) is 0. The second-order valence-electron chi connectivity index (χ2n) is 4.41. The Labute approximate surface area is 121 Å². The van der Waals surface area contributed by atoms with E-state index in [4.69, 9.17) is 23.1 Å². The first-order valence-electron chi connectivity index (χ1n) is 6.02. The van der Waals surface area contributed by atoms with Crippen LogP contribution in [0.4, 0.5) is 11.4 Å². The molecule has 1 aromatic carbocycles. The topological polar surface area (TPSA) is 94.0 Å². The number of aryl methyl sites for hydroxylation is 1. The first-order valence-corrected chi connectivity index (χ1v) is 6.40. The molecule has 20 heavy (non-hydrogen) atoms. The number of hydrogen-bond acceptors (Lipinski definition) is 4. The van der Waals surface area contributed by atoms with Crippen LogP contribution < -0.4 is 16.8 Å². The summed E-state index contributed by atoms with van der Waals surface area (Å²) in [5.74, 6) is -0.584. The number of nitrogens with zero attached hydrogens (tertiary/aromatic N) is 1. The first-order chi connectivity index (χ1) is 9.47. The van der Waals surface area contributed by atoms with Gasteiger partial charge in [0.25, 0.3) is 5.91 Å². The molecule has 6 heteroatoms. The molecule has 104 valence electrons. The summed E-state index contributed by atoms with van der Waals surface area (Å²) in [5.41, 5.74) is 13.9. The molecule has 0 saturated carbocycles. The third-order valence-electron chi connectivity index (χ3n) is 2.77. The van der Waals surface area contributed by atoms with Gasteiger partial charge in [0.05, 0.1) is 28.5 Å². The van der Waals surface area contributed by atoms with Crippen molar-refractivity contribution in [2.45, 2.75) is 13.5 Å². The average molecular weight is 291 g/mol. The Morgan fingerprint density at radius 2 is 2.15 bits per heavy atom. The number of carbonyl (C=O) groups is 1. The van der Waals surface area contributed by atoms with Gasteiger partial charge in [-0.25, -0.2) is 0 Å². The fraction of sp³-hybridized carbons (Fsp3) is 0.143. The molecule has 1 aromatic heterocycles. The number of carbonyl (C=O) groups excluding carboxylic acids is 1. The van der Waals surface area contributed by atoms with Gasteiger partial charge < -0.3 is 16.8 Å². The molecule has 0 spiro atoms. The van der Waals surface area contributed by atoms with Crippen LogP contribution in [-0.4, -0.2) is 10.9 Å². The van der Waals surface area contributed by atoms with Crippen molar-refractivity contribution in [3.63, 3.8) is 0 Å². The number of pyridine rings is 1. The Hall–Kier alpha value is -2.27. The van der Waals surface area contributed by atoms with Gasteiger partial charge in [-0.2, -0.15) is 0 Å². The predicted molar refractivity (Wildman–Crippen MR) is 80.7 cm³/mol. The molecule has 5 nitrogen and oxygen atoms in total. The van der Waals surface area contributed by atoms with E-state index >= 15 is 0 Å². The Kier molecular flexibility index (Phi) is 4.10. The van der Waals surface area contributed by atoms with E-state index in [-0.39, 0.29) is 5.56 Å². The van der Waals surface area contributed by atoms with Crippen LogP contribution in [0.15, 0.2) is 30.3 Å². The van der Waals surface area contributed by atoms with Gasteiger partial charge in [-0.15, -0.1) is 0 Å². The molecule has 0 radical (unpaired) electrons. The lowest BCUT2D eigenvalue weighted by Crippen LogP contribution is -2.15. The largest absolute Gasteiger partial charge is 0.399 e. The molecular formula is C14H15ClN4O. The zero-order valence-corrected chi connectivity index (χ0v) is 11.7. The van der Waals surface area contributed by atoms with E-state index in [1.807, 2.05) is 25.1 Å². The lowest BCUT2D eigenvalue weighted by atomic mass is 10.1. The number of nitrogens with one attached hydrogen (secondary N) is 1. The molecule has 0 aliphatic rings. The van der Waals surface area contributed by atoms with E-state index in [1.54, 1.807) is 6.07 Å². The molecule has 1 amide bonds. The Morgan fingerprint density at radius 1 is 1.40 bits per heavy atom. The quantitative estimate of drug-likeness (QED) is 0.753. The highest BCUT2D eigenvalue weighted by molar-refractivity contribution is 6.34. The van der Waals surface area contributed by atoms with Crippen molar-refractivity contribution >= 4 is 28.9 Å². The summed E-state index contributed by atoms with van der Waals surface area (Å²) in [6.07, 6.45) is 0. The number of aromatic nitrogens is 1. The molecule has 1 heterocycles. The molecule has 0 aliphatic heterocycles. The average Bonchev–Trinajstić information content (AvgIpc) is 2.36. The zero-order valence-electron chi connectivity index (χ0n) is 11.0. The molecule has 2 rings (SSSR count). The summed E-state index contributed by atoms with van der Waals surface area (Å²) in [6.45, 7) is 2.35. The lowest BCUT2D eigenvalue weighted by Gasteiger charge is -2.13. The summed E-state index contributed by atoms with van der Waals surface area (Å²) in [4.78, 5) is 15.8. The highest BCUT2D eigenvalue weighted by atomic mass is 35.5. The molecule has 2 aromatic rings. The number of nitrogen functional groups attached to an aromatic ring is 1. The van der Waals surface area contributed by atoms with E-state index in [2.05, 4.69) is 10.3 Å². The van der Waals surface area contributed by atoms with Gasteiger partial charge in [-0.05, 0) is 31.2 Å². The molecule has 0 fully saturated rings. The summed E-state index contributed by atoms with van der Waals surface area (Å²) in [6, 6.07) is 8.78. The van der Waals surface area contributed by atoms with E-state index in [0.29, 0.717) is 22.9 Å². The monoisotopic (exact) mass is 290 g/mol. The fourth-order valence-electron chi connectivity index (χ4n) is 1.88. The van der Waals surface area contributed by atoms with Crippen molar-refractivity contribution in [3.05, 3.63) is 52.3 Å². The van der Waals surface area contributed by atoms with Crippen molar-refractivity contribution in [2.24, 2.45) is 5.73 Å². The lowest BCUT2D eigenvalue weighted by molar-refractivity contribution is 0.100. The molecule has 0 atom stereocenters. The van der Waals surface area contributed by atoms with Crippen LogP contribution in [0.25, 0.3) is 0 Å². The third kappa shape index (κ3) is 3.19. The van der Waals surface area contributed by atoms with Crippen LogP contribution in [-0.2, 0) is 6.54 Å². The van der Waals surface area contributed by atoms with E-state index in [1.165, 1.54) is 6.07 Å². The summed E-state index contributed by atoms with van der Waals surface area (Å²) >= 11 is 6.11. The maximum absolute atomic E-state index is 11.4. The van der Waals surface area contributed by atoms with Gasteiger partial charge in [0, 0.05) is 11.4 Å². The maximum atomic E-state index is 11.4. The van der Waals surface area contributed by atoms with Crippen molar-refractivity contribution < 1.29 is 4.79 Å². The highest BCUT2D eigenvalue weighted by Gasteiger charge is 2.13. The van der Waals surface area contributed by atoms with Crippen LogP contribution >= 0.6 is 11.6 Å². The fourth-order valence-corrected chi connectivity index (χ4v) is 2.17. The van der Waals surface area contributed by atoms with Crippen molar-refractivity contribution in [1.29, 1.82) is 0 Å². The SMILES string of the molecule is Cc1cccc(CNc2c(Cl)cc(N)cc2C(N)=O)n1. The van der Waals surface area contributed by atoms with Gasteiger partial charge in [0.15, 0.2) is 0 Å². The van der Waals surface area contributed by atoms with Crippen LogP contribution in [0.1, 0.15) is 21.7 Å². The Morgan fingerprint density at radius 3 is 2.80 bits per heavy atom. The maximum Gasteiger partial charge on any atom is 0.250 e. The third-order valence-corrected chi connectivity index (χ3v) is 3.07. The molecule has 0 bridgehead atoms. The number of primary amides is 1. The number of anilines is 2. The van der Waals surface area contributed by atoms with Crippen LogP contribution in [0, 0.1) is 6.92 Å². The van der Waals surface area contributed by atoms with Gasteiger partial charge >= 0.3 is 0 Å². The minimum absolute atomic E-state index is 0.266. The second-order valence-corrected chi connectivity index (χ2v) is 4.82. The van der Waals surface area contributed by atoms with Crippen LogP contribution in [0.2, 0.25) is 5.02 Å². The van der Waals surface area contributed by atoms with E-state index in [0.717, 1.165) is 11.4 Å². The van der Waals surface area contributed by atoms with Crippen LogP contribution in [0.3, 0.4) is 0 Å². The predicted octanol–water partition coefficient (Wildman–Crippen LogP) is 2.34. The molecule has 0 unspecified atom stereocenters. The van der Waals surface area contributed by atoms with Gasteiger partial charge in [-0.1, -0.05) is 17.7 Å². The number of amides is 1. The van der Waals surface area contributed by atoms with Crippen molar-refractivity contribution in [2.75, 3.05) is 11.1 Å². The smallest absolute Gasteiger partial charge is 0.250 e. The van der Waals surface area contributed by atoms with Gasteiger partial charge in [-0.3, -0.25) is 9.78 Å². The number of rotatable bonds is 4. The zero-order chi connectivity index (χ0) is 14.7. The molecule has 0 saturated heterocycles.